The van der Waals surface area contributed by atoms with E-state index in [1.807, 2.05) is 31.2 Å². The van der Waals surface area contributed by atoms with Gasteiger partial charge in [0.15, 0.2) is 0 Å². The Morgan fingerprint density at radius 1 is 1.28 bits per heavy atom. The third-order valence-electron chi connectivity index (χ3n) is 2.85. The maximum absolute atomic E-state index is 6.13. The third kappa shape index (κ3) is 2.62. The normalized spacial score (nSPS) is 10.6. The van der Waals surface area contributed by atoms with Gasteiger partial charge in [-0.2, -0.15) is 0 Å². The first-order chi connectivity index (χ1) is 8.61. The Morgan fingerprint density at radius 3 is 2.78 bits per heavy atom. The van der Waals surface area contributed by atoms with Crippen LogP contribution in [-0.4, -0.2) is 9.97 Å². The van der Waals surface area contributed by atoms with E-state index in [0.717, 1.165) is 40.4 Å². The quantitative estimate of drug-likeness (QED) is 0.918. The van der Waals surface area contributed by atoms with E-state index in [1.54, 1.807) is 0 Å². The molecule has 1 aromatic carbocycles. The van der Waals surface area contributed by atoms with E-state index in [2.05, 4.69) is 16.9 Å². The maximum atomic E-state index is 6.13. The number of hydrogen-bond donors (Lipinski definition) is 1. The van der Waals surface area contributed by atoms with E-state index in [0.29, 0.717) is 5.95 Å². The third-order valence-corrected chi connectivity index (χ3v) is 3.26. The molecular formula is C14H16ClN3. The molecule has 0 saturated carbocycles. The predicted molar refractivity (Wildman–Crippen MR) is 75.6 cm³/mol. The Kier molecular flexibility index (Phi) is 3.82. The van der Waals surface area contributed by atoms with Crippen molar-refractivity contribution in [2.45, 2.75) is 26.7 Å². The van der Waals surface area contributed by atoms with E-state index in [-0.39, 0.29) is 0 Å². The van der Waals surface area contributed by atoms with Gasteiger partial charge in [-0.3, -0.25) is 0 Å². The average molecular weight is 262 g/mol. The second-order valence-corrected chi connectivity index (χ2v) is 4.67. The van der Waals surface area contributed by atoms with Crippen LogP contribution in [0.4, 0.5) is 5.95 Å². The number of nitrogen functional groups attached to an aromatic ring is 1. The minimum atomic E-state index is 0.315. The maximum Gasteiger partial charge on any atom is 0.220 e. The molecule has 0 aliphatic carbocycles. The van der Waals surface area contributed by atoms with E-state index in [1.165, 1.54) is 0 Å². The monoisotopic (exact) mass is 261 g/mol. The smallest absolute Gasteiger partial charge is 0.220 e. The summed E-state index contributed by atoms with van der Waals surface area (Å²) >= 11 is 6.13. The second kappa shape index (κ2) is 5.36. The lowest BCUT2D eigenvalue weighted by molar-refractivity contribution is 0.877. The minimum absolute atomic E-state index is 0.315. The number of benzene rings is 1. The first-order valence-electron chi connectivity index (χ1n) is 6.00. The van der Waals surface area contributed by atoms with Gasteiger partial charge in [0.1, 0.15) is 0 Å². The Labute approximate surface area is 112 Å². The molecule has 3 nitrogen and oxygen atoms in total. The van der Waals surface area contributed by atoms with E-state index < -0.39 is 0 Å². The lowest BCUT2D eigenvalue weighted by Gasteiger charge is -2.09. The van der Waals surface area contributed by atoms with Gasteiger partial charge in [0.05, 0.1) is 5.69 Å². The molecule has 2 N–H and O–H groups in total. The van der Waals surface area contributed by atoms with E-state index >= 15 is 0 Å². The van der Waals surface area contributed by atoms with Crippen molar-refractivity contribution in [2.75, 3.05) is 5.73 Å². The van der Waals surface area contributed by atoms with Crippen LogP contribution in [0.25, 0.3) is 11.3 Å². The molecule has 0 radical (unpaired) electrons. The number of aryl methyl sites for hydroxylation is 1. The molecule has 0 saturated heterocycles. The summed E-state index contributed by atoms with van der Waals surface area (Å²) < 4.78 is 0. The molecule has 0 atom stereocenters. The van der Waals surface area contributed by atoms with Crippen LogP contribution in [0.2, 0.25) is 5.02 Å². The van der Waals surface area contributed by atoms with Gasteiger partial charge in [-0.05, 0) is 31.0 Å². The van der Waals surface area contributed by atoms with Crippen LogP contribution in [0.15, 0.2) is 24.3 Å². The van der Waals surface area contributed by atoms with Crippen LogP contribution in [0.5, 0.6) is 0 Å². The van der Waals surface area contributed by atoms with Crippen LogP contribution in [0.3, 0.4) is 0 Å². The Hall–Kier alpha value is -1.61. The molecule has 0 spiro atoms. The van der Waals surface area contributed by atoms with Gasteiger partial charge in [0, 0.05) is 16.3 Å². The fraction of sp³-hybridized carbons (Fsp3) is 0.286. The number of nitrogens with two attached hydrogens (primary N) is 1. The Morgan fingerprint density at radius 2 is 2.06 bits per heavy atom. The lowest BCUT2D eigenvalue weighted by Crippen LogP contribution is -2.01. The van der Waals surface area contributed by atoms with Crippen molar-refractivity contribution in [3.05, 3.63) is 40.5 Å². The Bertz CT molecular complexity index is 567. The molecule has 0 bridgehead atoms. The second-order valence-electron chi connectivity index (χ2n) is 4.27. The zero-order valence-corrected chi connectivity index (χ0v) is 11.3. The minimum Gasteiger partial charge on any atom is -0.368 e. The molecule has 94 valence electrons. The van der Waals surface area contributed by atoms with Crippen LogP contribution in [0, 0.1) is 6.92 Å². The van der Waals surface area contributed by atoms with Crippen molar-refractivity contribution in [1.82, 2.24) is 9.97 Å². The molecule has 1 aromatic heterocycles. The summed E-state index contributed by atoms with van der Waals surface area (Å²) in [5, 5.41) is 0.738. The summed E-state index contributed by atoms with van der Waals surface area (Å²) in [6, 6.07) is 7.78. The fourth-order valence-corrected chi connectivity index (χ4v) is 2.10. The number of nitrogens with zero attached hydrogens (tertiary/aromatic N) is 2. The molecule has 18 heavy (non-hydrogen) atoms. The topological polar surface area (TPSA) is 51.8 Å². The zero-order chi connectivity index (χ0) is 13.1. The van der Waals surface area contributed by atoms with Crippen LogP contribution in [-0.2, 0) is 6.42 Å². The van der Waals surface area contributed by atoms with Crippen molar-refractivity contribution in [2.24, 2.45) is 0 Å². The molecular weight excluding hydrogens is 246 g/mol. The summed E-state index contributed by atoms with van der Waals surface area (Å²) in [6.07, 6.45) is 1.93. The van der Waals surface area contributed by atoms with Gasteiger partial charge < -0.3 is 5.73 Å². The zero-order valence-electron chi connectivity index (χ0n) is 10.6. The predicted octanol–water partition coefficient (Wildman–Crippen LogP) is 3.64. The molecule has 2 rings (SSSR count). The number of anilines is 1. The van der Waals surface area contributed by atoms with Crippen molar-refractivity contribution >= 4 is 17.5 Å². The highest BCUT2D eigenvalue weighted by atomic mass is 35.5. The number of halogens is 1. The molecule has 0 amide bonds. The number of rotatable bonds is 3. The first kappa shape index (κ1) is 12.8. The van der Waals surface area contributed by atoms with Gasteiger partial charge in [-0.25, -0.2) is 9.97 Å². The van der Waals surface area contributed by atoms with E-state index in [4.69, 9.17) is 17.3 Å². The fourth-order valence-electron chi connectivity index (χ4n) is 1.93. The highest BCUT2D eigenvalue weighted by Gasteiger charge is 2.08. The van der Waals surface area contributed by atoms with E-state index in [9.17, 15) is 0 Å². The molecule has 0 aliphatic rings. The van der Waals surface area contributed by atoms with Crippen molar-refractivity contribution in [3.63, 3.8) is 0 Å². The largest absolute Gasteiger partial charge is 0.368 e. The molecule has 1 heterocycles. The molecule has 4 heteroatoms. The van der Waals surface area contributed by atoms with Crippen LogP contribution in [0.1, 0.15) is 24.6 Å². The molecule has 0 unspecified atom stereocenters. The van der Waals surface area contributed by atoms with Gasteiger partial charge in [0.25, 0.3) is 0 Å². The van der Waals surface area contributed by atoms with Gasteiger partial charge in [-0.15, -0.1) is 0 Å². The van der Waals surface area contributed by atoms with Gasteiger partial charge in [-0.1, -0.05) is 37.1 Å². The molecule has 0 aliphatic heterocycles. The van der Waals surface area contributed by atoms with Crippen molar-refractivity contribution in [1.29, 1.82) is 0 Å². The van der Waals surface area contributed by atoms with Crippen LogP contribution < -0.4 is 5.73 Å². The standard InChI is InChI=1S/C14H16ClN3/c1-3-5-10-8-13(18-14(16)17-10)11-6-4-7-12(15)9(11)2/h4,6-8H,3,5H2,1-2H3,(H2,16,17,18). The summed E-state index contributed by atoms with van der Waals surface area (Å²) in [6.45, 7) is 4.10. The van der Waals surface area contributed by atoms with Crippen molar-refractivity contribution in [3.8, 4) is 11.3 Å². The summed E-state index contributed by atoms with van der Waals surface area (Å²) in [4.78, 5) is 8.53. The number of hydrogen-bond acceptors (Lipinski definition) is 3. The molecule has 0 fully saturated rings. The summed E-state index contributed by atoms with van der Waals surface area (Å²) in [7, 11) is 0. The van der Waals surface area contributed by atoms with Crippen molar-refractivity contribution < 1.29 is 0 Å². The lowest BCUT2D eigenvalue weighted by atomic mass is 10.0. The summed E-state index contributed by atoms with van der Waals surface area (Å²) in [5.74, 6) is 0.315. The highest BCUT2D eigenvalue weighted by Crippen LogP contribution is 2.27. The van der Waals surface area contributed by atoms with Gasteiger partial charge >= 0.3 is 0 Å². The van der Waals surface area contributed by atoms with Gasteiger partial charge in [0.2, 0.25) is 5.95 Å². The number of aromatic nitrogens is 2. The SMILES string of the molecule is CCCc1cc(-c2cccc(Cl)c2C)nc(N)n1. The average Bonchev–Trinajstić information content (AvgIpc) is 2.32. The Balaban J connectivity index is 2.53. The first-order valence-corrected chi connectivity index (χ1v) is 6.38. The molecule has 2 aromatic rings. The summed E-state index contributed by atoms with van der Waals surface area (Å²) in [5.41, 5.74) is 9.59. The highest BCUT2D eigenvalue weighted by molar-refractivity contribution is 6.31. The van der Waals surface area contributed by atoms with Crippen LogP contribution >= 0.6 is 11.6 Å².